The van der Waals surface area contributed by atoms with Gasteiger partial charge in [-0.25, -0.2) is 0 Å². The van der Waals surface area contributed by atoms with Gasteiger partial charge in [0.1, 0.15) is 11.5 Å². The molecule has 0 saturated carbocycles. The third-order valence-electron chi connectivity index (χ3n) is 7.91. The maximum atomic E-state index is 8.81. The van der Waals surface area contributed by atoms with Crippen molar-refractivity contribution in [2.75, 3.05) is 26.4 Å². The Labute approximate surface area is 262 Å². The topological polar surface area (TPSA) is 83.6 Å². The molecule has 0 atom stereocenters. The van der Waals surface area contributed by atoms with Gasteiger partial charge in [-0.2, -0.15) is 10.2 Å². The number of benzene rings is 2. The molecule has 0 spiro atoms. The minimum absolute atomic E-state index is 0.332. The number of nitrogens with zero attached hydrogens (tertiary/aromatic N) is 2. The Balaban J connectivity index is 1.53. The van der Waals surface area contributed by atoms with E-state index in [-0.39, 0.29) is 0 Å². The lowest BCUT2D eigenvalue weighted by atomic mass is 10.1. The van der Waals surface area contributed by atoms with E-state index in [0.29, 0.717) is 13.2 Å². The van der Waals surface area contributed by atoms with Crippen LogP contribution < -0.4 is 9.47 Å². The van der Waals surface area contributed by atoms with Crippen LogP contribution >= 0.6 is 0 Å². The second-order valence-corrected chi connectivity index (χ2v) is 11.9. The molecule has 0 radical (unpaired) electrons. The van der Waals surface area contributed by atoms with Crippen molar-refractivity contribution in [2.45, 2.75) is 135 Å². The fourth-order valence-electron chi connectivity index (χ4n) is 5.21. The number of rotatable bonds is 28. The van der Waals surface area contributed by atoms with Gasteiger partial charge in [-0.1, -0.05) is 103 Å². The molecule has 43 heavy (non-hydrogen) atoms. The quantitative estimate of drug-likeness (QED) is 0.0756. The van der Waals surface area contributed by atoms with Gasteiger partial charge in [-0.3, -0.25) is 0 Å². The highest BCUT2D eigenvalue weighted by Gasteiger charge is 2.02. The summed E-state index contributed by atoms with van der Waals surface area (Å²) in [5.74, 6) is 1.80. The lowest BCUT2D eigenvalue weighted by Gasteiger charge is -2.09. The van der Waals surface area contributed by atoms with Gasteiger partial charge in [-0.15, -0.1) is 0 Å². The molecule has 0 heterocycles. The molecular formula is C37H60N2O4. The van der Waals surface area contributed by atoms with E-state index in [4.69, 9.17) is 19.7 Å². The van der Waals surface area contributed by atoms with Crippen LogP contribution in [0, 0.1) is 6.92 Å². The molecule has 6 heteroatoms. The van der Waals surface area contributed by atoms with E-state index in [0.717, 1.165) is 80.2 Å². The van der Waals surface area contributed by atoms with Crippen LogP contribution in [-0.2, 0) is 0 Å². The van der Waals surface area contributed by atoms with E-state index in [1.165, 1.54) is 89.9 Å². The van der Waals surface area contributed by atoms with E-state index < -0.39 is 0 Å². The zero-order valence-corrected chi connectivity index (χ0v) is 27.1. The molecule has 2 rings (SSSR count). The summed E-state index contributed by atoms with van der Waals surface area (Å²) in [6.07, 6.45) is 24.4. The van der Waals surface area contributed by atoms with Crippen LogP contribution in [-0.4, -0.2) is 36.6 Å². The summed E-state index contributed by atoms with van der Waals surface area (Å²) in [5.41, 5.74) is 2.71. The van der Waals surface area contributed by atoms with Crippen molar-refractivity contribution in [3.63, 3.8) is 0 Å². The van der Waals surface area contributed by atoms with Gasteiger partial charge >= 0.3 is 0 Å². The summed E-state index contributed by atoms with van der Waals surface area (Å²) in [6.45, 7) is 4.23. The van der Waals surface area contributed by atoms with Crippen molar-refractivity contribution in [3.8, 4) is 11.5 Å². The minimum atomic E-state index is 0.332. The number of azo groups is 1. The van der Waals surface area contributed by atoms with Crippen molar-refractivity contribution < 1.29 is 19.7 Å². The van der Waals surface area contributed by atoms with Crippen molar-refractivity contribution in [1.82, 2.24) is 0 Å². The second kappa shape index (κ2) is 26.0. The molecular weight excluding hydrogens is 536 g/mol. The van der Waals surface area contributed by atoms with Crippen molar-refractivity contribution in [2.24, 2.45) is 10.2 Å². The fraction of sp³-hybridized carbons (Fsp3) is 0.676. The Bertz CT molecular complexity index is 948. The van der Waals surface area contributed by atoms with E-state index >= 15 is 0 Å². The average molecular weight is 597 g/mol. The fourth-order valence-corrected chi connectivity index (χ4v) is 5.21. The second-order valence-electron chi connectivity index (χ2n) is 11.9. The molecule has 0 aromatic heterocycles. The van der Waals surface area contributed by atoms with E-state index in [1.807, 2.05) is 42.5 Å². The Hall–Kier alpha value is -2.44. The standard InChI is InChI=1S/C37H60N2O4/c1-33-32-35(24-27-37(33)43-31-21-17-13-9-5-3-7-11-15-19-29-41)39-38-34-22-25-36(26-23-34)42-30-20-16-12-8-4-2-6-10-14-18-28-40/h22-27,32,40-41H,2-21,28-31H2,1H3. The lowest BCUT2D eigenvalue weighted by molar-refractivity contribution is 0.282. The Morgan fingerprint density at radius 2 is 0.860 bits per heavy atom. The number of aliphatic hydroxyl groups excluding tert-OH is 2. The summed E-state index contributed by atoms with van der Waals surface area (Å²) in [5, 5.41) is 26.4. The zero-order valence-electron chi connectivity index (χ0n) is 27.1. The SMILES string of the molecule is Cc1cc(N=Nc2ccc(OCCCCCCCCCCCCO)cc2)ccc1OCCCCCCCCCCCCO. The largest absolute Gasteiger partial charge is 0.494 e. The number of unbranched alkanes of at least 4 members (excludes halogenated alkanes) is 18. The number of aryl methyl sites for hydroxylation is 1. The molecule has 0 saturated heterocycles. The maximum absolute atomic E-state index is 8.81. The van der Waals surface area contributed by atoms with Crippen LogP contribution in [0.2, 0.25) is 0 Å². The highest BCUT2D eigenvalue weighted by molar-refractivity contribution is 5.47. The van der Waals surface area contributed by atoms with Crippen LogP contribution in [0.5, 0.6) is 11.5 Å². The van der Waals surface area contributed by atoms with Crippen LogP contribution in [0.15, 0.2) is 52.7 Å². The Morgan fingerprint density at radius 1 is 0.465 bits per heavy atom. The van der Waals surface area contributed by atoms with Gasteiger partial charge in [0.05, 0.1) is 24.6 Å². The molecule has 0 aliphatic rings. The number of ether oxygens (including phenoxy) is 2. The van der Waals surface area contributed by atoms with Crippen molar-refractivity contribution in [3.05, 3.63) is 48.0 Å². The lowest BCUT2D eigenvalue weighted by Crippen LogP contribution is -1.98. The summed E-state index contributed by atoms with van der Waals surface area (Å²) in [7, 11) is 0. The van der Waals surface area contributed by atoms with Gasteiger partial charge in [0, 0.05) is 13.2 Å². The average Bonchev–Trinajstić information content (AvgIpc) is 3.02. The summed E-state index contributed by atoms with van der Waals surface area (Å²) < 4.78 is 11.9. The molecule has 0 bridgehead atoms. The first-order chi connectivity index (χ1) is 21.2. The predicted molar refractivity (Wildman–Crippen MR) is 179 cm³/mol. The molecule has 0 aliphatic carbocycles. The van der Waals surface area contributed by atoms with Crippen molar-refractivity contribution >= 4 is 11.4 Å². The third kappa shape index (κ3) is 19.5. The Kier molecular flexibility index (Phi) is 22.2. The summed E-state index contributed by atoms with van der Waals surface area (Å²) >= 11 is 0. The molecule has 242 valence electrons. The van der Waals surface area contributed by atoms with Gasteiger partial charge in [0.2, 0.25) is 0 Å². The van der Waals surface area contributed by atoms with Gasteiger partial charge in [0.25, 0.3) is 0 Å². The predicted octanol–water partition coefficient (Wildman–Crippen LogP) is 11.0. The minimum Gasteiger partial charge on any atom is -0.494 e. The molecule has 6 nitrogen and oxygen atoms in total. The van der Waals surface area contributed by atoms with E-state index in [9.17, 15) is 0 Å². The van der Waals surface area contributed by atoms with Crippen molar-refractivity contribution in [1.29, 1.82) is 0 Å². The van der Waals surface area contributed by atoms with Crippen LogP contribution in [0.4, 0.5) is 11.4 Å². The number of aliphatic hydroxyl groups is 2. The van der Waals surface area contributed by atoms with E-state index in [2.05, 4.69) is 17.2 Å². The molecule has 0 aliphatic heterocycles. The highest BCUT2D eigenvalue weighted by atomic mass is 16.5. The van der Waals surface area contributed by atoms with E-state index in [1.54, 1.807) is 0 Å². The van der Waals surface area contributed by atoms with Gasteiger partial charge < -0.3 is 19.7 Å². The summed E-state index contributed by atoms with van der Waals surface area (Å²) in [4.78, 5) is 0. The zero-order chi connectivity index (χ0) is 30.6. The molecule has 2 N–H and O–H groups in total. The maximum Gasteiger partial charge on any atom is 0.122 e. The molecule has 0 amide bonds. The number of hydrogen-bond donors (Lipinski definition) is 2. The Morgan fingerprint density at radius 3 is 1.33 bits per heavy atom. The molecule has 0 fully saturated rings. The van der Waals surface area contributed by atoms with Gasteiger partial charge in [0.15, 0.2) is 0 Å². The normalized spacial score (nSPS) is 11.4. The number of hydrogen-bond acceptors (Lipinski definition) is 6. The first kappa shape index (κ1) is 36.8. The molecule has 0 unspecified atom stereocenters. The smallest absolute Gasteiger partial charge is 0.122 e. The first-order valence-corrected chi connectivity index (χ1v) is 17.3. The molecule has 2 aromatic rings. The highest BCUT2D eigenvalue weighted by Crippen LogP contribution is 2.26. The summed E-state index contributed by atoms with van der Waals surface area (Å²) in [6, 6.07) is 13.8. The van der Waals surface area contributed by atoms with Crippen LogP contribution in [0.25, 0.3) is 0 Å². The van der Waals surface area contributed by atoms with Crippen LogP contribution in [0.3, 0.4) is 0 Å². The van der Waals surface area contributed by atoms with Gasteiger partial charge in [-0.05, 0) is 80.6 Å². The third-order valence-corrected chi connectivity index (χ3v) is 7.91. The molecule has 2 aromatic carbocycles. The van der Waals surface area contributed by atoms with Crippen LogP contribution in [0.1, 0.15) is 134 Å². The first-order valence-electron chi connectivity index (χ1n) is 17.3. The monoisotopic (exact) mass is 596 g/mol.